The Balaban J connectivity index is 0.000000188. The molecule has 9 heteroatoms. The molecule has 0 spiro atoms. The van der Waals surface area contributed by atoms with Crippen molar-refractivity contribution in [3.63, 3.8) is 0 Å². The predicted octanol–water partition coefficient (Wildman–Crippen LogP) is 3.54. The van der Waals surface area contributed by atoms with Gasteiger partial charge in [-0.2, -0.15) is 5.10 Å². The summed E-state index contributed by atoms with van der Waals surface area (Å²) in [5, 5.41) is 7.01. The Morgan fingerprint density at radius 3 is 2.59 bits per heavy atom. The molecule has 0 bridgehead atoms. The van der Waals surface area contributed by atoms with Crippen LogP contribution >= 0.6 is 0 Å². The molecule has 1 aliphatic rings. The number of halogens is 2. The van der Waals surface area contributed by atoms with Gasteiger partial charge in [0.15, 0.2) is 11.9 Å². The number of pyridine rings is 1. The maximum atomic E-state index is 13.1. The van der Waals surface area contributed by atoms with Crippen LogP contribution in [-0.2, 0) is 17.3 Å². The Bertz CT molecular complexity index is 1100. The number of benzene rings is 1. The van der Waals surface area contributed by atoms with Gasteiger partial charge in [0.05, 0.1) is 5.69 Å². The second-order valence-corrected chi connectivity index (χ2v) is 7.84. The maximum Gasteiger partial charge on any atom is 0.270 e. The minimum absolute atomic E-state index is 0.116. The van der Waals surface area contributed by atoms with Crippen molar-refractivity contribution in [2.45, 2.75) is 39.2 Å². The fourth-order valence-electron chi connectivity index (χ4n) is 3.76. The fourth-order valence-corrected chi connectivity index (χ4v) is 3.76. The average molecular weight is 443 g/mol. The van der Waals surface area contributed by atoms with Gasteiger partial charge < -0.3 is 10.2 Å². The van der Waals surface area contributed by atoms with Gasteiger partial charge in [0.1, 0.15) is 12.1 Å². The first-order valence-electron chi connectivity index (χ1n) is 10.4. The number of carbonyl (C=O) groups is 2. The highest BCUT2D eigenvalue weighted by atomic mass is 19.3. The number of hydrogen-bond acceptors (Lipinski definition) is 6. The van der Waals surface area contributed by atoms with E-state index in [9.17, 15) is 18.4 Å². The van der Waals surface area contributed by atoms with Crippen LogP contribution in [0.15, 0.2) is 36.8 Å². The fraction of sp³-hybridized carbons (Fsp3) is 0.391. The Kier molecular flexibility index (Phi) is 7.29. The molecule has 1 saturated heterocycles. The number of nitrogens with one attached hydrogen (secondary N) is 1. The van der Waals surface area contributed by atoms with Gasteiger partial charge in [0.2, 0.25) is 0 Å². The van der Waals surface area contributed by atoms with Gasteiger partial charge in [0, 0.05) is 56.7 Å². The van der Waals surface area contributed by atoms with E-state index >= 15 is 0 Å². The minimum Gasteiger partial charge on any atom is -0.368 e. The Hall–Kier alpha value is -3.20. The van der Waals surface area contributed by atoms with Crippen molar-refractivity contribution >= 4 is 23.4 Å². The molecule has 170 valence electrons. The first-order chi connectivity index (χ1) is 15.2. The summed E-state index contributed by atoms with van der Waals surface area (Å²) < 4.78 is 27.8. The third kappa shape index (κ3) is 5.34. The summed E-state index contributed by atoms with van der Waals surface area (Å²) in [6.07, 6.45) is 4.99. The highest BCUT2D eigenvalue weighted by Crippen LogP contribution is 2.31. The van der Waals surface area contributed by atoms with E-state index in [1.807, 2.05) is 6.07 Å². The zero-order chi connectivity index (χ0) is 23.3. The average Bonchev–Trinajstić information content (AvgIpc) is 3.23. The number of carbonyl (C=O) groups excluding carboxylic acids is 2. The third-order valence-electron chi connectivity index (χ3n) is 5.46. The van der Waals surface area contributed by atoms with Crippen LogP contribution in [0.25, 0.3) is 5.65 Å². The number of ketones is 1. The zero-order valence-corrected chi connectivity index (χ0v) is 18.4. The van der Waals surface area contributed by atoms with E-state index in [2.05, 4.69) is 20.3 Å². The standard InChI is InChI=1S/C12H12N4O2.C11H15F2N/c17-7-9-5-11(12-13-8-14-16(12)6-9)15-3-1-10(18)2-4-15;1-8-9(7-14-3)5-4-6-10(8)11(2,12)13/h5-8H,1-4H2;4-6,14H,7H2,1-3H3. The van der Waals surface area contributed by atoms with Crippen LogP contribution in [0.5, 0.6) is 0 Å². The van der Waals surface area contributed by atoms with Crippen LogP contribution in [0.4, 0.5) is 14.5 Å². The van der Waals surface area contributed by atoms with Crippen LogP contribution in [-0.4, -0.2) is 46.8 Å². The van der Waals surface area contributed by atoms with Crippen molar-refractivity contribution < 1.29 is 18.4 Å². The number of fused-ring (bicyclic) bond motifs is 1. The summed E-state index contributed by atoms with van der Waals surface area (Å²) in [7, 11) is 1.80. The van der Waals surface area contributed by atoms with Gasteiger partial charge in [-0.3, -0.25) is 9.59 Å². The molecule has 0 aliphatic carbocycles. The largest absolute Gasteiger partial charge is 0.368 e. The monoisotopic (exact) mass is 443 g/mol. The van der Waals surface area contributed by atoms with Gasteiger partial charge in [-0.1, -0.05) is 18.2 Å². The van der Waals surface area contributed by atoms with Crippen LogP contribution in [0.2, 0.25) is 0 Å². The number of aromatic nitrogens is 3. The lowest BCUT2D eigenvalue weighted by atomic mass is 9.98. The van der Waals surface area contributed by atoms with Gasteiger partial charge in [0.25, 0.3) is 5.92 Å². The molecule has 0 atom stereocenters. The molecular weight excluding hydrogens is 416 g/mol. The summed E-state index contributed by atoms with van der Waals surface area (Å²) in [4.78, 5) is 28.5. The van der Waals surface area contributed by atoms with Gasteiger partial charge in [-0.15, -0.1) is 0 Å². The summed E-state index contributed by atoms with van der Waals surface area (Å²) in [5.74, 6) is -2.47. The second-order valence-electron chi connectivity index (χ2n) is 7.84. The van der Waals surface area contributed by atoms with E-state index in [0.717, 1.165) is 30.1 Å². The molecule has 3 heterocycles. The number of Topliss-reactive ketones (excluding diaryl/α,β-unsaturated/α-hetero) is 1. The van der Waals surface area contributed by atoms with Crippen LogP contribution in [0.3, 0.4) is 0 Å². The molecule has 0 saturated carbocycles. The highest BCUT2D eigenvalue weighted by Gasteiger charge is 2.26. The topological polar surface area (TPSA) is 79.6 Å². The van der Waals surface area contributed by atoms with Gasteiger partial charge >= 0.3 is 0 Å². The summed E-state index contributed by atoms with van der Waals surface area (Å²) in [6, 6.07) is 6.81. The van der Waals surface area contributed by atoms with E-state index in [0.29, 0.717) is 43.6 Å². The highest BCUT2D eigenvalue weighted by molar-refractivity contribution is 5.84. The quantitative estimate of drug-likeness (QED) is 0.608. The number of aldehydes is 1. The van der Waals surface area contributed by atoms with Gasteiger partial charge in [-0.25, -0.2) is 18.3 Å². The van der Waals surface area contributed by atoms with Crippen molar-refractivity contribution in [3.05, 3.63) is 59.0 Å². The normalized spacial score (nSPS) is 14.3. The molecule has 3 aromatic rings. The van der Waals surface area contributed by atoms with E-state index in [-0.39, 0.29) is 11.3 Å². The van der Waals surface area contributed by atoms with E-state index < -0.39 is 5.92 Å². The van der Waals surface area contributed by atoms with Crippen molar-refractivity contribution in [2.75, 3.05) is 25.0 Å². The summed E-state index contributed by atoms with van der Waals surface area (Å²) >= 11 is 0. The molecule has 2 aromatic heterocycles. The smallest absolute Gasteiger partial charge is 0.270 e. The zero-order valence-electron chi connectivity index (χ0n) is 18.4. The van der Waals surface area contributed by atoms with E-state index in [1.54, 1.807) is 36.8 Å². The number of piperidine rings is 1. The molecule has 32 heavy (non-hydrogen) atoms. The summed E-state index contributed by atoms with van der Waals surface area (Å²) in [5.41, 5.74) is 3.85. The van der Waals surface area contributed by atoms with Crippen molar-refractivity contribution in [2.24, 2.45) is 0 Å². The van der Waals surface area contributed by atoms with Crippen LogP contribution in [0.1, 0.15) is 46.8 Å². The predicted molar refractivity (Wildman–Crippen MR) is 118 cm³/mol. The molecule has 0 unspecified atom stereocenters. The Morgan fingerprint density at radius 1 is 1.25 bits per heavy atom. The molecule has 1 fully saturated rings. The lowest BCUT2D eigenvalue weighted by Crippen LogP contribution is -2.34. The molecule has 0 radical (unpaired) electrons. The lowest BCUT2D eigenvalue weighted by molar-refractivity contribution is -0.119. The number of rotatable bonds is 5. The van der Waals surface area contributed by atoms with E-state index in [4.69, 9.17) is 0 Å². The van der Waals surface area contributed by atoms with Crippen LogP contribution < -0.4 is 10.2 Å². The molecule has 4 rings (SSSR count). The molecular formula is C23H27F2N5O2. The Morgan fingerprint density at radius 2 is 1.97 bits per heavy atom. The molecule has 7 nitrogen and oxygen atoms in total. The first kappa shape index (κ1) is 23.5. The SMILES string of the molecule is CNCc1cccc(C(C)(F)F)c1C.O=Cc1cc(N2CCC(=O)CC2)c2ncnn2c1. The molecule has 1 N–H and O–H groups in total. The Labute approximate surface area is 185 Å². The van der Waals surface area contributed by atoms with Gasteiger partial charge in [-0.05, 0) is 31.2 Å². The summed E-state index contributed by atoms with van der Waals surface area (Å²) in [6.45, 7) is 4.63. The molecule has 1 aliphatic heterocycles. The molecule has 0 amide bonds. The first-order valence-corrected chi connectivity index (χ1v) is 10.4. The van der Waals surface area contributed by atoms with Crippen molar-refractivity contribution in [3.8, 4) is 0 Å². The minimum atomic E-state index is -2.76. The number of hydrogen-bond donors (Lipinski definition) is 1. The number of nitrogens with zero attached hydrogens (tertiary/aromatic N) is 4. The van der Waals surface area contributed by atoms with Crippen LogP contribution in [0, 0.1) is 6.92 Å². The number of alkyl halides is 2. The number of anilines is 1. The second kappa shape index (κ2) is 9.95. The van der Waals surface area contributed by atoms with Crippen molar-refractivity contribution in [1.29, 1.82) is 0 Å². The van der Waals surface area contributed by atoms with E-state index in [1.165, 1.54) is 12.4 Å². The lowest BCUT2D eigenvalue weighted by Gasteiger charge is -2.28. The maximum absolute atomic E-state index is 13.1. The molecule has 1 aromatic carbocycles. The third-order valence-corrected chi connectivity index (χ3v) is 5.46. The van der Waals surface area contributed by atoms with Crippen molar-refractivity contribution in [1.82, 2.24) is 19.9 Å².